The average molecular weight is 312 g/mol. The first-order valence-corrected chi connectivity index (χ1v) is 6.83. The van der Waals surface area contributed by atoms with Gasteiger partial charge in [0, 0.05) is 5.33 Å². The van der Waals surface area contributed by atoms with E-state index in [-0.39, 0.29) is 6.10 Å². The van der Waals surface area contributed by atoms with Gasteiger partial charge in [-0.05, 0) is 17.7 Å². The van der Waals surface area contributed by atoms with Crippen molar-refractivity contribution < 1.29 is 4.74 Å². The highest BCUT2D eigenvalue weighted by molar-refractivity contribution is 9.09. The van der Waals surface area contributed by atoms with Gasteiger partial charge in [-0.15, -0.1) is 0 Å². The van der Waals surface area contributed by atoms with Crippen molar-refractivity contribution in [1.29, 1.82) is 0 Å². The number of para-hydroxylation sites is 1. The largest absolute Gasteiger partial charge is 0.483 e. The zero-order chi connectivity index (χ0) is 12.1. The van der Waals surface area contributed by atoms with Crippen LogP contribution in [0.5, 0.6) is 5.75 Å². The summed E-state index contributed by atoms with van der Waals surface area (Å²) in [5.74, 6) is 0.711. The lowest BCUT2D eigenvalue weighted by molar-refractivity contribution is 0.233. The zero-order valence-corrected chi connectivity index (χ0v) is 11.5. The van der Waals surface area contributed by atoms with E-state index >= 15 is 0 Å². The fourth-order valence-corrected chi connectivity index (χ4v) is 2.24. The summed E-state index contributed by atoms with van der Waals surface area (Å²) in [4.78, 5) is 0. The van der Waals surface area contributed by atoms with Gasteiger partial charge in [-0.3, -0.25) is 0 Å². The molecular weight excluding hydrogens is 300 g/mol. The Morgan fingerprint density at radius 1 is 1.00 bits per heavy atom. The van der Waals surface area contributed by atoms with Gasteiger partial charge >= 0.3 is 0 Å². The minimum atomic E-state index is -0.0314. The molecule has 88 valence electrons. The quantitative estimate of drug-likeness (QED) is 0.733. The molecule has 0 saturated carbocycles. The van der Waals surface area contributed by atoms with Crippen LogP contribution in [0.1, 0.15) is 11.7 Å². The smallest absolute Gasteiger partial charge is 0.138 e. The van der Waals surface area contributed by atoms with E-state index in [2.05, 4.69) is 15.9 Å². The van der Waals surface area contributed by atoms with E-state index in [4.69, 9.17) is 16.3 Å². The molecule has 2 aromatic carbocycles. The Morgan fingerprint density at radius 2 is 1.65 bits per heavy atom. The average Bonchev–Trinajstić information content (AvgIpc) is 2.39. The van der Waals surface area contributed by atoms with Crippen LogP contribution in [0.2, 0.25) is 5.02 Å². The molecule has 0 amide bonds. The Balaban J connectivity index is 2.19. The van der Waals surface area contributed by atoms with Crippen molar-refractivity contribution in [3.63, 3.8) is 0 Å². The first-order valence-electron chi connectivity index (χ1n) is 5.33. The van der Waals surface area contributed by atoms with E-state index in [1.165, 1.54) is 0 Å². The lowest BCUT2D eigenvalue weighted by Crippen LogP contribution is -2.09. The van der Waals surface area contributed by atoms with E-state index in [0.717, 1.165) is 10.9 Å². The third kappa shape index (κ3) is 3.24. The first-order chi connectivity index (χ1) is 8.31. The van der Waals surface area contributed by atoms with Crippen molar-refractivity contribution in [2.75, 3.05) is 5.33 Å². The standard InChI is InChI=1S/C14H12BrClO/c15-10-14(11-6-2-1-3-7-11)17-13-9-5-4-8-12(13)16/h1-9,14H,10H2. The number of hydrogen-bond donors (Lipinski definition) is 0. The van der Waals surface area contributed by atoms with Crippen LogP contribution < -0.4 is 4.74 Å². The molecule has 1 atom stereocenters. The fourth-order valence-electron chi connectivity index (χ4n) is 1.55. The molecule has 0 aromatic heterocycles. The van der Waals surface area contributed by atoms with Crippen LogP contribution in [0.3, 0.4) is 0 Å². The summed E-state index contributed by atoms with van der Waals surface area (Å²) in [7, 11) is 0. The molecule has 1 unspecified atom stereocenters. The van der Waals surface area contributed by atoms with Crippen LogP contribution in [0.4, 0.5) is 0 Å². The summed E-state index contributed by atoms with van der Waals surface area (Å²) in [6.07, 6.45) is -0.0314. The molecule has 2 rings (SSSR count). The Kier molecular flexibility index (Phi) is 4.46. The molecule has 1 nitrogen and oxygen atoms in total. The Morgan fingerprint density at radius 3 is 2.29 bits per heavy atom. The highest BCUT2D eigenvalue weighted by atomic mass is 79.9. The monoisotopic (exact) mass is 310 g/mol. The Labute approximate surface area is 115 Å². The second-order valence-electron chi connectivity index (χ2n) is 3.60. The van der Waals surface area contributed by atoms with Crippen LogP contribution in [0.25, 0.3) is 0 Å². The molecule has 0 heterocycles. The number of halogens is 2. The van der Waals surface area contributed by atoms with Crippen LogP contribution in [-0.2, 0) is 0 Å². The molecule has 2 aromatic rings. The zero-order valence-electron chi connectivity index (χ0n) is 9.14. The molecule has 17 heavy (non-hydrogen) atoms. The highest BCUT2D eigenvalue weighted by Crippen LogP contribution is 2.29. The van der Waals surface area contributed by atoms with E-state index in [0.29, 0.717) is 10.8 Å². The maximum Gasteiger partial charge on any atom is 0.138 e. The van der Waals surface area contributed by atoms with Crippen molar-refractivity contribution in [2.24, 2.45) is 0 Å². The molecule has 0 spiro atoms. The molecule has 0 N–H and O–H groups in total. The predicted molar refractivity (Wildman–Crippen MR) is 75.1 cm³/mol. The SMILES string of the molecule is Clc1ccccc1OC(CBr)c1ccccc1. The molecule has 0 aliphatic heterocycles. The molecule has 0 radical (unpaired) electrons. The minimum absolute atomic E-state index is 0.0314. The lowest BCUT2D eigenvalue weighted by Gasteiger charge is -2.18. The van der Waals surface area contributed by atoms with Crippen molar-refractivity contribution >= 4 is 27.5 Å². The van der Waals surface area contributed by atoms with E-state index in [1.54, 1.807) is 0 Å². The van der Waals surface area contributed by atoms with Gasteiger partial charge in [0.2, 0.25) is 0 Å². The van der Waals surface area contributed by atoms with Gasteiger partial charge in [0.15, 0.2) is 0 Å². The van der Waals surface area contributed by atoms with Crippen molar-refractivity contribution in [1.82, 2.24) is 0 Å². The summed E-state index contributed by atoms with van der Waals surface area (Å²) < 4.78 is 5.90. The first kappa shape index (κ1) is 12.5. The fraction of sp³-hybridized carbons (Fsp3) is 0.143. The van der Waals surface area contributed by atoms with Gasteiger partial charge in [0.25, 0.3) is 0 Å². The molecule has 3 heteroatoms. The van der Waals surface area contributed by atoms with Gasteiger partial charge in [-0.2, -0.15) is 0 Å². The van der Waals surface area contributed by atoms with Gasteiger partial charge in [0.05, 0.1) is 5.02 Å². The number of alkyl halides is 1. The lowest BCUT2D eigenvalue weighted by atomic mass is 10.1. The third-order valence-corrected chi connectivity index (χ3v) is 3.32. The molecule has 0 fully saturated rings. The van der Waals surface area contributed by atoms with Gasteiger partial charge in [-0.25, -0.2) is 0 Å². The maximum atomic E-state index is 6.07. The van der Waals surface area contributed by atoms with E-state index < -0.39 is 0 Å². The molecule has 0 bridgehead atoms. The number of hydrogen-bond acceptors (Lipinski definition) is 1. The molecule has 0 aliphatic carbocycles. The second-order valence-corrected chi connectivity index (χ2v) is 4.66. The van der Waals surface area contributed by atoms with E-state index in [9.17, 15) is 0 Å². The van der Waals surface area contributed by atoms with Crippen molar-refractivity contribution in [3.8, 4) is 5.75 Å². The van der Waals surface area contributed by atoms with Gasteiger partial charge in [0.1, 0.15) is 11.9 Å². The predicted octanol–water partition coefficient (Wildman–Crippen LogP) is 4.86. The molecule has 0 aliphatic rings. The summed E-state index contributed by atoms with van der Waals surface area (Å²) >= 11 is 9.54. The van der Waals surface area contributed by atoms with Crippen LogP contribution in [0.15, 0.2) is 54.6 Å². The molecule has 0 saturated heterocycles. The van der Waals surface area contributed by atoms with Crippen molar-refractivity contribution in [3.05, 3.63) is 65.2 Å². The summed E-state index contributed by atoms with van der Waals surface area (Å²) in [5, 5.41) is 1.36. The van der Waals surface area contributed by atoms with Gasteiger partial charge in [-0.1, -0.05) is 70.0 Å². The topological polar surface area (TPSA) is 9.23 Å². The van der Waals surface area contributed by atoms with E-state index in [1.807, 2.05) is 54.6 Å². The Hall–Kier alpha value is -0.990. The number of ether oxygens (including phenoxy) is 1. The van der Waals surface area contributed by atoms with Crippen molar-refractivity contribution in [2.45, 2.75) is 6.10 Å². The van der Waals surface area contributed by atoms with Crippen LogP contribution in [-0.4, -0.2) is 5.33 Å². The van der Waals surface area contributed by atoms with Crippen LogP contribution >= 0.6 is 27.5 Å². The normalized spacial score (nSPS) is 12.1. The maximum absolute atomic E-state index is 6.07. The second kappa shape index (κ2) is 6.08. The van der Waals surface area contributed by atoms with Gasteiger partial charge < -0.3 is 4.74 Å². The Bertz CT molecular complexity index is 473. The summed E-state index contributed by atoms with van der Waals surface area (Å²) in [6.45, 7) is 0. The molecular formula is C14H12BrClO. The summed E-state index contributed by atoms with van der Waals surface area (Å²) in [5.41, 5.74) is 1.13. The van der Waals surface area contributed by atoms with Crippen LogP contribution in [0, 0.1) is 0 Å². The number of benzene rings is 2. The third-order valence-electron chi connectivity index (χ3n) is 2.42. The number of rotatable bonds is 4. The minimum Gasteiger partial charge on any atom is -0.483 e. The highest BCUT2D eigenvalue weighted by Gasteiger charge is 2.12. The summed E-state index contributed by atoms with van der Waals surface area (Å²) in [6, 6.07) is 17.6.